The van der Waals surface area contributed by atoms with E-state index in [1.165, 1.54) is 13.8 Å². The van der Waals surface area contributed by atoms with Gasteiger partial charge in [0.2, 0.25) is 0 Å². The van der Waals surface area contributed by atoms with Crippen molar-refractivity contribution in [2.24, 2.45) is 0 Å². The van der Waals surface area contributed by atoms with E-state index in [4.69, 9.17) is 9.47 Å². The van der Waals surface area contributed by atoms with Crippen molar-refractivity contribution in [1.82, 2.24) is 0 Å². The summed E-state index contributed by atoms with van der Waals surface area (Å²) in [6.07, 6.45) is 7.94. The molecule has 104 valence electrons. The molecule has 0 aliphatic heterocycles. The second-order valence-electron chi connectivity index (χ2n) is 5.03. The lowest BCUT2D eigenvalue weighted by Crippen LogP contribution is -2.20. The van der Waals surface area contributed by atoms with Gasteiger partial charge in [-0.05, 0) is 51.4 Å². The van der Waals surface area contributed by atoms with Crippen molar-refractivity contribution in [3.8, 4) is 0 Å². The Morgan fingerprint density at radius 1 is 0.722 bits per heavy atom. The number of hydrogen-bond acceptors (Lipinski definition) is 4. The third-order valence-electron chi connectivity index (χ3n) is 3.27. The molecular weight excluding hydrogens is 232 g/mol. The van der Waals surface area contributed by atoms with Crippen LogP contribution < -0.4 is 0 Å². The van der Waals surface area contributed by atoms with Crippen molar-refractivity contribution < 1.29 is 19.1 Å². The fraction of sp³-hybridized carbons (Fsp3) is 0.857. The Labute approximate surface area is 109 Å². The van der Waals surface area contributed by atoms with Crippen LogP contribution >= 0.6 is 0 Å². The van der Waals surface area contributed by atoms with E-state index in [1.54, 1.807) is 0 Å². The molecule has 0 saturated heterocycles. The van der Waals surface area contributed by atoms with Crippen LogP contribution in [0.2, 0.25) is 0 Å². The van der Waals surface area contributed by atoms with Gasteiger partial charge in [0.1, 0.15) is 12.2 Å². The van der Waals surface area contributed by atoms with Gasteiger partial charge in [-0.3, -0.25) is 9.59 Å². The highest BCUT2D eigenvalue weighted by atomic mass is 16.5. The van der Waals surface area contributed by atoms with E-state index < -0.39 is 0 Å². The maximum absolute atomic E-state index is 11.0. The molecule has 0 N–H and O–H groups in total. The second kappa shape index (κ2) is 8.11. The summed E-state index contributed by atoms with van der Waals surface area (Å²) in [5.41, 5.74) is 0. The molecule has 0 heterocycles. The van der Waals surface area contributed by atoms with Crippen molar-refractivity contribution in [3.63, 3.8) is 0 Å². The summed E-state index contributed by atoms with van der Waals surface area (Å²) < 4.78 is 10.6. The molecule has 0 aromatic heterocycles. The van der Waals surface area contributed by atoms with Crippen molar-refractivity contribution in [3.05, 3.63) is 0 Å². The Hall–Kier alpha value is -1.06. The minimum absolute atomic E-state index is 0.0766. The maximum atomic E-state index is 11.0. The third kappa shape index (κ3) is 6.62. The lowest BCUT2D eigenvalue weighted by atomic mass is 9.97. The molecule has 0 amide bonds. The zero-order chi connectivity index (χ0) is 13.4. The molecule has 0 unspecified atom stereocenters. The van der Waals surface area contributed by atoms with E-state index in [9.17, 15) is 9.59 Å². The van der Waals surface area contributed by atoms with Crippen molar-refractivity contribution in [2.45, 2.75) is 77.4 Å². The number of carbonyl (C=O) groups excluding carboxylic acids is 2. The lowest BCUT2D eigenvalue weighted by Gasteiger charge is -2.22. The minimum atomic E-state index is -0.185. The van der Waals surface area contributed by atoms with Crippen LogP contribution in [-0.2, 0) is 19.1 Å². The van der Waals surface area contributed by atoms with E-state index in [-0.39, 0.29) is 24.1 Å². The van der Waals surface area contributed by atoms with Crippen molar-refractivity contribution in [1.29, 1.82) is 0 Å². The van der Waals surface area contributed by atoms with Gasteiger partial charge in [0.25, 0.3) is 0 Å². The standard InChI is InChI=1S/C14H24O4/c1-11(15)17-13-7-3-5-9-14(18-12(2)16)10-6-4-8-13/h13-14H,3-10H2,1-2H3. The first kappa shape index (κ1) is 15.0. The summed E-state index contributed by atoms with van der Waals surface area (Å²) in [6, 6.07) is 0. The molecule has 0 aromatic rings. The number of esters is 2. The van der Waals surface area contributed by atoms with E-state index in [0.717, 1.165) is 51.4 Å². The zero-order valence-corrected chi connectivity index (χ0v) is 11.4. The van der Waals surface area contributed by atoms with Gasteiger partial charge in [-0.2, -0.15) is 0 Å². The Balaban J connectivity index is 2.35. The molecule has 18 heavy (non-hydrogen) atoms. The first-order valence-corrected chi connectivity index (χ1v) is 6.92. The predicted octanol–water partition coefficient (Wildman–Crippen LogP) is 2.98. The van der Waals surface area contributed by atoms with Crippen LogP contribution in [0.5, 0.6) is 0 Å². The fourth-order valence-electron chi connectivity index (χ4n) is 2.48. The van der Waals surface area contributed by atoms with Crippen LogP contribution in [-0.4, -0.2) is 24.1 Å². The van der Waals surface area contributed by atoms with Gasteiger partial charge in [0, 0.05) is 13.8 Å². The number of carbonyl (C=O) groups is 2. The van der Waals surface area contributed by atoms with Gasteiger partial charge in [-0.15, -0.1) is 0 Å². The summed E-state index contributed by atoms with van der Waals surface area (Å²) in [5.74, 6) is -0.371. The molecule has 0 bridgehead atoms. The topological polar surface area (TPSA) is 52.6 Å². The fourth-order valence-corrected chi connectivity index (χ4v) is 2.48. The van der Waals surface area contributed by atoms with Gasteiger partial charge in [-0.25, -0.2) is 0 Å². The predicted molar refractivity (Wildman–Crippen MR) is 68.0 cm³/mol. The zero-order valence-electron chi connectivity index (χ0n) is 11.4. The van der Waals surface area contributed by atoms with Crippen LogP contribution in [0.15, 0.2) is 0 Å². The third-order valence-corrected chi connectivity index (χ3v) is 3.27. The minimum Gasteiger partial charge on any atom is -0.463 e. The van der Waals surface area contributed by atoms with Crippen LogP contribution in [0, 0.1) is 0 Å². The molecule has 0 aromatic carbocycles. The summed E-state index contributed by atoms with van der Waals surface area (Å²) >= 11 is 0. The first-order chi connectivity index (χ1) is 8.58. The van der Waals surface area contributed by atoms with Crippen molar-refractivity contribution in [2.75, 3.05) is 0 Å². The van der Waals surface area contributed by atoms with Crippen molar-refractivity contribution >= 4 is 11.9 Å². The summed E-state index contributed by atoms with van der Waals surface area (Å²) in [7, 11) is 0. The Bertz CT molecular complexity index is 235. The number of ether oxygens (including phenoxy) is 2. The van der Waals surface area contributed by atoms with E-state index in [2.05, 4.69) is 0 Å². The highest BCUT2D eigenvalue weighted by Gasteiger charge is 2.17. The van der Waals surface area contributed by atoms with Crippen LogP contribution in [0.4, 0.5) is 0 Å². The summed E-state index contributed by atoms with van der Waals surface area (Å²) in [5, 5.41) is 0. The summed E-state index contributed by atoms with van der Waals surface area (Å²) in [4.78, 5) is 21.9. The molecule has 0 spiro atoms. The smallest absolute Gasteiger partial charge is 0.302 e. The Morgan fingerprint density at radius 2 is 1.00 bits per heavy atom. The van der Waals surface area contributed by atoms with E-state index in [1.807, 2.05) is 0 Å². The molecule has 1 fully saturated rings. The molecule has 1 rings (SSSR count). The highest BCUT2D eigenvalue weighted by Crippen LogP contribution is 2.21. The van der Waals surface area contributed by atoms with Gasteiger partial charge < -0.3 is 9.47 Å². The molecule has 1 aliphatic carbocycles. The number of hydrogen-bond donors (Lipinski definition) is 0. The summed E-state index contributed by atoms with van der Waals surface area (Å²) in [6.45, 7) is 2.94. The molecule has 0 atom stereocenters. The van der Waals surface area contributed by atoms with Gasteiger partial charge in [0.05, 0.1) is 0 Å². The van der Waals surface area contributed by atoms with Crippen LogP contribution in [0.3, 0.4) is 0 Å². The highest BCUT2D eigenvalue weighted by molar-refractivity contribution is 5.66. The monoisotopic (exact) mass is 256 g/mol. The molecule has 1 aliphatic rings. The average molecular weight is 256 g/mol. The SMILES string of the molecule is CC(=O)OC1CCCCC(OC(C)=O)CCCC1. The van der Waals surface area contributed by atoms with Crippen LogP contribution in [0.25, 0.3) is 0 Å². The Kier molecular flexibility index (Phi) is 6.76. The quantitative estimate of drug-likeness (QED) is 0.713. The first-order valence-electron chi connectivity index (χ1n) is 6.92. The molecule has 0 radical (unpaired) electrons. The van der Waals surface area contributed by atoms with Gasteiger partial charge >= 0.3 is 11.9 Å². The van der Waals surface area contributed by atoms with E-state index >= 15 is 0 Å². The molecule has 1 saturated carbocycles. The van der Waals surface area contributed by atoms with Gasteiger partial charge in [0.15, 0.2) is 0 Å². The Morgan fingerprint density at radius 3 is 1.22 bits per heavy atom. The normalized spacial score (nSPS) is 26.1. The second-order valence-corrected chi connectivity index (χ2v) is 5.03. The average Bonchev–Trinajstić information content (AvgIpc) is 2.27. The van der Waals surface area contributed by atoms with Gasteiger partial charge in [-0.1, -0.05) is 0 Å². The van der Waals surface area contributed by atoms with Crippen LogP contribution in [0.1, 0.15) is 65.2 Å². The molecular formula is C14H24O4. The number of rotatable bonds is 2. The maximum Gasteiger partial charge on any atom is 0.302 e. The van der Waals surface area contributed by atoms with E-state index in [0.29, 0.717) is 0 Å². The molecule has 4 nitrogen and oxygen atoms in total. The lowest BCUT2D eigenvalue weighted by molar-refractivity contribution is -0.149. The largest absolute Gasteiger partial charge is 0.463 e. The molecule has 4 heteroatoms.